The van der Waals surface area contributed by atoms with Gasteiger partial charge in [0.2, 0.25) is 0 Å². The Hall–Kier alpha value is -2.75. The van der Waals surface area contributed by atoms with Crippen molar-refractivity contribution in [2.75, 3.05) is 5.01 Å². The highest BCUT2D eigenvalue weighted by Gasteiger charge is 2.32. The van der Waals surface area contributed by atoms with Gasteiger partial charge in [-0.2, -0.15) is 10.1 Å². The number of aromatic nitrogens is 1. The molecule has 0 saturated carbocycles. The molecule has 0 saturated heterocycles. The monoisotopic (exact) mass is 319 g/mol. The molecule has 0 aliphatic carbocycles. The number of hydrazone groups is 1. The first-order valence-corrected chi connectivity index (χ1v) is 8.41. The van der Waals surface area contributed by atoms with Crippen molar-refractivity contribution in [3.05, 3.63) is 71.9 Å². The zero-order chi connectivity index (χ0) is 16.8. The topological polar surface area (TPSA) is 45.6 Å². The number of anilines is 1. The average Bonchev–Trinajstić information content (AvgIpc) is 2.97. The van der Waals surface area contributed by atoms with Gasteiger partial charge in [-0.15, -0.1) is 0 Å². The largest absolute Gasteiger partial charge is 0.282 e. The van der Waals surface area contributed by atoms with Gasteiger partial charge < -0.3 is 0 Å². The third-order valence-corrected chi connectivity index (χ3v) is 3.95. The van der Waals surface area contributed by atoms with Crippen LogP contribution in [-0.2, 0) is 4.79 Å². The van der Waals surface area contributed by atoms with Crippen LogP contribution in [0.1, 0.15) is 38.2 Å². The van der Waals surface area contributed by atoms with Crippen molar-refractivity contribution in [3.8, 4) is 0 Å². The minimum Gasteiger partial charge on any atom is -0.267 e. The number of benzene rings is 1. The molecule has 0 radical (unpaired) electrons. The van der Waals surface area contributed by atoms with Crippen LogP contribution in [-0.4, -0.2) is 16.6 Å². The molecule has 24 heavy (non-hydrogen) atoms. The van der Waals surface area contributed by atoms with E-state index in [2.05, 4.69) is 17.0 Å². The molecule has 4 nitrogen and oxygen atoms in total. The second-order valence-electron chi connectivity index (χ2n) is 5.73. The molecule has 3 rings (SSSR count). The third kappa shape index (κ3) is 3.43. The Kier molecular flexibility index (Phi) is 5.16. The standard InChI is InChI=1S/C20H21N3O/c1-2-3-4-8-13-17-19(16-11-6-5-7-12-16)22-23(20(17)24)18-14-9-10-15-21-18/h5-7,9-15H,2-4,8H2,1H3. The number of unbranched alkanes of at least 4 members (excludes halogenated alkanes) is 3. The Balaban J connectivity index is 1.94. The lowest BCUT2D eigenvalue weighted by molar-refractivity contribution is -0.114. The number of rotatable bonds is 6. The number of carbonyl (C=O) groups is 1. The maximum atomic E-state index is 12.9. The Labute approximate surface area is 142 Å². The number of nitrogens with zero attached hydrogens (tertiary/aromatic N) is 3. The molecule has 2 heterocycles. The van der Waals surface area contributed by atoms with E-state index in [0.29, 0.717) is 11.4 Å². The number of carbonyl (C=O) groups excluding carboxylic acids is 1. The SMILES string of the molecule is CCCCCC=C1C(=O)N(c2ccccn2)N=C1c1ccccc1. The lowest BCUT2D eigenvalue weighted by atomic mass is 10.0. The van der Waals surface area contributed by atoms with E-state index < -0.39 is 0 Å². The van der Waals surface area contributed by atoms with Gasteiger partial charge in [-0.1, -0.05) is 62.2 Å². The lowest BCUT2D eigenvalue weighted by Crippen LogP contribution is -2.22. The summed E-state index contributed by atoms with van der Waals surface area (Å²) in [6.45, 7) is 2.17. The first-order chi connectivity index (χ1) is 11.8. The predicted molar refractivity (Wildman–Crippen MR) is 96.9 cm³/mol. The molecule has 4 heteroatoms. The number of amides is 1. The second-order valence-corrected chi connectivity index (χ2v) is 5.73. The first kappa shape index (κ1) is 16.1. The van der Waals surface area contributed by atoms with Crippen LogP contribution in [0.5, 0.6) is 0 Å². The molecule has 0 fully saturated rings. The van der Waals surface area contributed by atoms with E-state index in [-0.39, 0.29) is 5.91 Å². The van der Waals surface area contributed by atoms with Gasteiger partial charge in [0.15, 0.2) is 5.82 Å². The summed E-state index contributed by atoms with van der Waals surface area (Å²) in [5, 5.41) is 5.96. The summed E-state index contributed by atoms with van der Waals surface area (Å²) in [5.74, 6) is 0.442. The summed E-state index contributed by atoms with van der Waals surface area (Å²) in [6.07, 6.45) is 7.99. The zero-order valence-corrected chi connectivity index (χ0v) is 13.9. The summed E-state index contributed by atoms with van der Waals surface area (Å²) < 4.78 is 0. The molecule has 2 aromatic rings. The highest BCUT2D eigenvalue weighted by atomic mass is 16.2. The second kappa shape index (κ2) is 7.68. The summed E-state index contributed by atoms with van der Waals surface area (Å²) in [4.78, 5) is 17.1. The van der Waals surface area contributed by atoms with Crippen molar-refractivity contribution in [2.24, 2.45) is 5.10 Å². The van der Waals surface area contributed by atoms with Crippen LogP contribution in [0.25, 0.3) is 0 Å². The number of allylic oxidation sites excluding steroid dienone is 1. The maximum Gasteiger partial charge on any atom is 0.282 e. The maximum absolute atomic E-state index is 12.9. The van der Waals surface area contributed by atoms with Crippen LogP contribution >= 0.6 is 0 Å². The lowest BCUT2D eigenvalue weighted by Gasteiger charge is -2.09. The summed E-state index contributed by atoms with van der Waals surface area (Å²) in [5.41, 5.74) is 2.34. The molecule has 1 amide bonds. The van der Waals surface area contributed by atoms with Gasteiger partial charge in [-0.05, 0) is 25.0 Å². The molecule has 1 aromatic heterocycles. The molecule has 1 aliphatic rings. The molecule has 1 aliphatic heterocycles. The number of hydrogen-bond donors (Lipinski definition) is 0. The van der Waals surface area contributed by atoms with E-state index in [0.717, 1.165) is 30.5 Å². The fraction of sp³-hybridized carbons (Fsp3) is 0.250. The van der Waals surface area contributed by atoms with Crippen molar-refractivity contribution in [1.82, 2.24) is 4.98 Å². The van der Waals surface area contributed by atoms with E-state index in [1.165, 1.54) is 11.4 Å². The van der Waals surface area contributed by atoms with Crippen molar-refractivity contribution < 1.29 is 4.79 Å². The van der Waals surface area contributed by atoms with E-state index in [1.54, 1.807) is 12.3 Å². The molecular weight excluding hydrogens is 298 g/mol. The molecule has 0 spiro atoms. The molecule has 0 N–H and O–H groups in total. The van der Waals surface area contributed by atoms with Crippen LogP contribution in [0.3, 0.4) is 0 Å². The minimum absolute atomic E-state index is 0.107. The van der Waals surface area contributed by atoms with Gasteiger partial charge in [0, 0.05) is 11.8 Å². The third-order valence-electron chi connectivity index (χ3n) is 3.95. The molecule has 0 atom stereocenters. The summed E-state index contributed by atoms with van der Waals surface area (Å²) in [7, 11) is 0. The molecule has 122 valence electrons. The summed E-state index contributed by atoms with van der Waals surface area (Å²) in [6, 6.07) is 15.3. The quantitative estimate of drug-likeness (QED) is 0.587. The van der Waals surface area contributed by atoms with E-state index in [9.17, 15) is 4.79 Å². The molecule has 0 unspecified atom stereocenters. The molecule has 0 bridgehead atoms. The van der Waals surface area contributed by atoms with Crippen molar-refractivity contribution in [3.63, 3.8) is 0 Å². The number of hydrogen-bond acceptors (Lipinski definition) is 3. The Morgan fingerprint density at radius 2 is 1.83 bits per heavy atom. The van der Waals surface area contributed by atoms with Crippen molar-refractivity contribution in [2.45, 2.75) is 32.6 Å². The average molecular weight is 319 g/mol. The van der Waals surface area contributed by atoms with Gasteiger partial charge in [0.25, 0.3) is 5.91 Å². The fourth-order valence-corrected chi connectivity index (χ4v) is 2.68. The van der Waals surface area contributed by atoms with Crippen LogP contribution in [0.4, 0.5) is 5.82 Å². The highest BCUT2D eigenvalue weighted by Crippen LogP contribution is 2.25. The van der Waals surface area contributed by atoms with Gasteiger partial charge in [-0.3, -0.25) is 4.79 Å². The van der Waals surface area contributed by atoms with Gasteiger partial charge in [-0.25, -0.2) is 4.98 Å². The first-order valence-electron chi connectivity index (χ1n) is 8.41. The van der Waals surface area contributed by atoms with Gasteiger partial charge in [0.1, 0.15) is 5.71 Å². The van der Waals surface area contributed by atoms with E-state index in [4.69, 9.17) is 0 Å². The number of pyridine rings is 1. The van der Waals surface area contributed by atoms with Crippen LogP contribution < -0.4 is 5.01 Å². The van der Waals surface area contributed by atoms with Crippen LogP contribution in [0, 0.1) is 0 Å². The van der Waals surface area contributed by atoms with E-state index in [1.807, 2.05) is 48.5 Å². The zero-order valence-electron chi connectivity index (χ0n) is 13.9. The Morgan fingerprint density at radius 1 is 1.04 bits per heavy atom. The van der Waals surface area contributed by atoms with Crippen molar-refractivity contribution in [1.29, 1.82) is 0 Å². The molecule has 1 aromatic carbocycles. The normalized spacial score (nSPS) is 15.9. The van der Waals surface area contributed by atoms with Gasteiger partial charge in [0.05, 0.1) is 5.57 Å². The van der Waals surface area contributed by atoms with Crippen molar-refractivity contribution >= 4 is 17.4 Å². The predicted octanol–water partition coefficient (Wildman–Crippen LogP) is 4.34. The fourth-order valence-electron chi connectivity index (χ4n) is 2.68. The van der Waals surface area contributed by atoms with E-state index >= 15 is 0 Å². The van der Waals surface area contributed by atoms with Crippen LogP contribution in [0.15, 0.2) is 71.5 Å². The minimum atomic E-state index is -0.107. The van der Waals surface area contributed by atoms with Gasteiger partial charge >= 0.3 is 0 Å². The smallest absolute Gasteiger partial charge is 0.267 e. The molecular formula is C20H21N3O. The highest BCUT2D eigenvalue weighted by molar-refractivity contribution is 6.35. The Bertz CT molecular complexity index is 751. The van der Waals surface area contributed by atoms with Crippen LogP contribution in [0.2, 0.25) is 0 Å². The Morgan fingerprint density at radius 3 is 2.54 bits per heavy atom. The summed E-state index contributed by atoms with van der Waals surface area (Å²) >= 11 is 0.